The minimum Gasteiger partial charge on any atom is -0.329 e. The molecule has 0 aliphatic carbocycles. The molecule has 1 aromatic heterocycles. The number of aromatic nitrogens is 2. The molecule has 222 valence electrons. The molecule has 4 rings (SSSR count). The Morgan fingerprint density at radius 3 is 2.19 bits per heavy atom. The van der Waals surface area contributed by atoms with Crippen molar-refractivity contribution in [2.75, 3.05) is 34.2 Å². The van der Waals surface area contributed by atoms with Gasteiger partial charge in [-0.25, -0.2) is 22.6 Å². The van der Waals surface area contributed by atoms with E-state index in [9.17, 15) is 30.8 Å². The largest absolute Gasteiger partial charge is 0.416 e. The van der Waals surface area contributed by atoms with E-state index in [-0.39, 0.29) is 18.2 Å². The number of alkyl halides is 3. The first-order valence-corrected chi connectivity index (χ1v) is 14.0. The van der Waals surface area contributed by atoms with E-state index in [0.29, 0.717) is 52.6 Å². The van der Waals surface area contributed by atoms with Gasteiger partial charge in [-0.05, 0) is 66.2 Å². The van der Waals surface area contributed by atoms with Crippen LogP contribution in [0.5, 0.6) is 0 Å². The highest BCUT2D eigenvalue weighted by atomic mass is 35.5. The summed E-state index contributed by atoms with van der Waals surface area (Å²) in [4.78, 5) is 22.7. The highest BCUT2D eigenvalue weighted by Crippen LogP contribution is 2.32. The van der Waals surface area contributed by atoms with Gasteiger partial charge in [0.05, 0.1) is 17.0 Å². The zero-order valence-electron chi connectivity index (χ0n) is 22.1. The molecular formula is C27H25ClF4N6O3S. The number of anilines is 6. The lowest BCUT2D eigenvalue weighted by Gasteiger charge is -2.19. The van der Waals surface area contributed by atoms with Gasteiger partial charge in [0.15, 0.2) is 9.84 Å². The standard InChI is InChI=1S/C27H24F4N6O3S.ClH/c1-37(24-13-14-32-25(36-24)33-19-6-3-17(4-7-19)16-41(2,39)40)21-10-8-20(9-11-21)34-26(38)35-23-15-18(27(29,30)31)5-12-22(23)28;/h3-15H,16H2,1-2H3,(H,32,33,36)(H2,34,35,38);1H. The average molecular weight is 625 g/mol. The molecular weight excluding hydrogens is 600 g/mol. The molecule has 0 bridgehead atoms. The molecule has 4 aromatic rings. The Morgan fingerprint density at radius 2 is 1.57 bits per heavy atom. The number of hydrogen-bond donors (Lipinski definition) is 3. The van der Waals surface area contributed by atoms with Crippen LogP contribution in [0.1, 0.15) is 11.1 Å². The van der Waals surface area contributed by atoms with E-state index in [0.717, 1.165) is 0 Å². The van der Waals surface area contributed by atoms with Gasteiger partial charge in [0.25, 0.3) is 0 Å². The topological polar surface area (TPSA) is 116 Å². The monoisotopic (exact) mass is 624 g/mol. The lowest BCUT2D eigenvalue weighted by Crippen LogP contribution is -2.20. The molecule has 0 atom stereocenters. The summed E-state index contributed by atoms with van der Waals surface area (Å²) in [5.74, 6) is -0.221. The fraction of sp³-hybridized carbons (Fsp3) is 0.148. The second kappa shape index (κ2) is 13.0. The fourth-order valence-electron chi connectivity index (χ4n) is 3.70. The highest BCUT2D eigenvalue weighted by molar-refractivity contribution is 7.89. The average Bonchev–Trinajstić information content (AvgIpc) is 2.90. The first kappa shape index (κ1) is 32.1. The Bertz CT molecular complexity index is 1650. The maximum absolute atomic E-state index is 13.9. The first-order valence-electron chi connectivity index (χ1n) is 11.9. The number of nitrogens with one attached hydrogen (secondary N) is 3. The molecule has 0 radical (unpaired) electrons. The number of carbonyl (C=O) groups is 1. The van der Waals surface area contributed by atoms with E-state index in [2.05, 4.69) is 25.9 Å². The predicted octanol–water partition coefficient (Wildman–Crippen LogP) is 6.76. The van der Waals surface area contributed by atoms with Crippen molar-refractivity contribution in [1.29, 1.82) is 0 Å². The van der Waals surface area contributed by atoms with Gasteiger partial charge >= 0.3 is 12.2 Å². The predicted molar refractivity (Wildman–Crippen MR) is 156 cm³/mol. The molecule has 9 nitrogen and oxygen atoms in total. The van der Waals surface area contributed by atoms with E-state index in [1.165, 1.54) is 6.26 Å². The highest BCUT2D eigenvalue weighted by Gasteiger charge is 2.31. The number of amides is 2. The molecule has 0 spiro atoms. The van der Waals surface area contributed by atoms with Crippen molar-refractivity contribution in [2.45, 2.75) is 11.9 Å². The molecule has 3 N–H and O–H groups in total. The van der Waals surface area contributed by atoms with Gasteiger partial charge in [0.2, 0.25) is 5.95 Å². The van der Waals surface area contributed by atoms with Crippen molar-refractivity contribution in [3.05, 3.63) is 95.9 Å². The normalized spacial score (nSPS) is 11.3. The number of benzene rings is 3. The Morgan fingerprint density at radius 1 is 0.929 bits per heavy atom. The molecule has 0 aliphatic rings. The van der Waals surface area contributed by atoms with Crippen LogP contribution in [0.15, 0.2) is 79.0 Å². The summed E-state index contributed by atoms with van der Waals surface area (Å²) in [5, 5.41) is 7.60. The van der Waals surface area contributed by atoms with Gasteiger partial charge in [-0.15, -0.1) is 12.4 Å². The van der Waals surface area contributed by atoms with E-state index >= 15 is 0 Å². The zero-order valence-corrected chi connectivity index (χ0v) is 23.7. The Hall–Kier alpha value is -4.43. The summed E-state index contributed by atoms with van der Waals surface area (Å²) in [5.41, 5.74) is 0.636. The van der Waals surface area contributed by atoms with Crippen LogP contribution in [0.4, 0.5) is 56.9 Å². The summed E-state index contributed by atoms with van der Waals surface area (Å²) >= 11 is 0. The van der Waals surface area contributed by atoms with Crippen molar-refractivity contribution in [2.24, 2.45) is 0 Å². The van der Waals surface area contributed by atoms with Crippen molar-refractivity contribution in [3.8, 4) is 0 Å². The van der Waals surface area contributed by atoms with Gasteiger partial charge in [-0.1, -0.05) is 12.1 Å². The molecule has 42 heavy (non-hydrogen) atoms. The van der Waals surface area contributed by atoms with Crippen LogP contribution in [-0.4, -0.2) is 37.7 Å². The van der Waals surface area contributed by atoms with Crippen molar-refractivity contribution in [1.82, 2.24) is 9.97 Å². The molecule has 1 heterocycles. The van der Waals surface area contributed by atoms with Crippen LogP contribution in [0.2, 0.25) is 0 Å². The third kappa shape index (κ3) is 8.78. The van der Waals surface area contributed by atoms with Crippen molar-refractivity contribution < 1.29 is 30.8 Å². The van der Waals surface area contributed by atoms with Gasteiger partial charge < -0.3 is 20.9 Å². The van der Waals surface area contributed by atoms with Gasteiger partial charge in [-0.2, -0.15) is 18.2 Å². The first-order chi connectivity index (χ1) is 19.3. The molecule has 0 saturated carbocycles. The molecule has 0 saturated heterocycles. The summed E-state index contributed by atoms with van der Waals surface area (Å²) in [6.07, 6.45) is -1.95. The van der Waals surface area contributed by atoms with Crippen LogP contribution in [0.25, 0.3) is 0 Å². The zero-order chi connectivity index (χ0) is 29.8. The minimum absolute atomic E-state index is 0. The molecule has 2 amide bonds. The summed E-state index contributed by atoms with van der Waals surface area (Å²) < 4.78 is 75.6. The minimum atomic E-state index is -4.68. The second-order valence-corrected chi connectivity index (χ2v) is 11.1. The number of halogens is 5. The molecule has 0 unspecified atom stereocenters. The van der Waals surface area contributed by atoms with Gasteiger partial charge in [0, 0.05) is 36.6 Å². The maximum atomic E-state index is 13.9. The van der Waals surface area contributed by atoms with Crippen molar-refractivity contribution >= 4 is 62.8 Å². The smallest absolute Gasteiger partial charge is 0.329 e. The molecule has 0 fully saturated rings. The number of carbonyl (C=O) groups excluding carboxylic acids is 1. The number of rotatable bonds is 8. The Balaban J connectivity index is 0.00000484. The number of urea groups is 1. The third-order valence-electron chi connectivity index (χ3n) is 5.68. The van der Waals surface area contributed by atoms with E-state index in [1.807, 2.05) is 0 Å². The summed E-state index contributed by atoms with van der Waals surface area (Å²) in [7, 11) is -1.38. The number of nitrogens with zero attached hydrogens (tertiary/aromatic N) is 3. The SMILES string of the molecule is CN(c1ccc(NC(=O)Nc2cc(C(F)(F)F)ccc2F)cc1)c1ccnc(Nc2ccc(CS(C)(=O)=O)cc2)n1.Cl. The van der Waals surface area contributed by atoms with Crippen LogP contribution in [0.3, 0.4) is 0 Å². The summed E-state index contributed by atoms with van der Waals surface area (Å²) in [6, 6.07) is 15.8. The Kier molecular flexibility index (Phi) is 9.96. The van der Waals surface area contributed by atoms with E-state index in [1.54, 1.807) is 72.7 Å². The van der Waals surface area contributed by atoms with E-state index in [4.69, 9.17) is 0 Å². The second-order valence-electron chi connectivity index (χ2n) is 9.01. The quantitative estimate of drug-likeness (QED) is 0.186. The molecule has 15 heteroatoms. The van der Waals surface area contributed by atoms with Crippen LogP contribution < -0.4 is 20.9 Å². The van der Waals surface area contributed by atoms with E-state index < -0.39 is 39.1 Å². The summed E-state index contributed by atoms with van der Waals surface area (Å²) in [6.45, 7) is 0. The molecule has 0 aliphatic heterocycles. The van der Waals surface area contributed by atoms with Crippen LogP contribution >= 0.6 is 12.4 Å². The van der Waals surface area contributed by atoms with Crippen LogP contribution in [0, 0.1) is 5.82 Å². The third-order valence-corrected chi connectivity index (χ3v) is 6.54. The van der Waals surface area contributed by atoms with Crippen molar-refractivity contribution in [3.63, 3.8) is 0 Å². The fourth-order valence-corrected chi connectivity index (χ4v) is 4.49. The van der Waals surface area contributed by atoms with Gasteiger partial charge in [0.1, 0.15) is 11.6 Å². The Labute approximate surface area is 245 Å². The number of sulfone groups is 1. The number of hydrogen-bond acceptors (Lipinski definition) is 7. The van der Waals surface area contributed by atoms with Gasteiger partial charge in [-0.3, -0.25) is 0 Å². The lowest BCUT2D eigenvalue weighted by atomic mass is 10.2. The lowest BCUT2D eigenvalue weighted by molar-refractivity contribution is -0.137. The molecule has 3 aromatic carbocycles. The maximum Gasteiger partial charge on any atom is 0.416 e. The van der Waals surface area contributed by atoms with Crippen LogP contribution in [-0.2, 0) is 21.8 Å².